The lowest BCUT2D eigenvalue weighted by molar-refractivity contribution is -0.150. The van der Waals surface area contributed by atoms with Gasteiger partial charge in [-0.1, -0.05) is 56.9 Å². The van der Waals surface area contributed by atoms with E-state index in [2.05, 4.69) is 6.92 Å². The van der Waals surface area contributed by atoms with Gasteiger partial charge in [0.15, 0.2) is 0 Å². The smallest absolute Gasteiger partial charge is 0.349 e. The average Bonchev–Trinajstić information content (AvgIpc) is 2.61. The molecule has 25 heavy (non-hydrogen) atoms. The zero-order chi connectivity index (χ0) is 18.3. The van der Waals surface area contributed by atoms with Crippen molar-refractivity contribution in [3.8, 4) is 5.75 Å². The van der Waals surface area contributed by atoms with Crippen molar-refractivity contribution in [3.63, 3.8) is 0 Å². The first kappa shape index (κ1) is 19.2. The monoisotopic (exact) mass is 350 g/mol. The molecule has 0 bridgehead atoms. The molecule has 0 radical (unpaired) electrons. The molecule has 1 aromatic rings. The number of allylic oxidation sites excluding steroid dienone is 3. The van der Waals surface area contributed by atoms with E-state index in [9.17, 15) is 13.6 Å². The predicted molar refractivity (Wildman–Crippen MR) is 93.2 cm³/mol. The Morgan fingerprint density at radius 2 is 1.88 bits per heavy atom. The Morgan fingerprint density at radius 3 is 2.52 bits per heavy atom. The van der Waals surface area contributed by atoms with Crippen molar-refractivity contribution in [1.82, 2.24) is 0 Å². The fourth-order valence-electron chi connectivity index (χ4n) is 2.90. The molecule has 1 N–H and O–H groups in total. The van der Waals surface area contributed by atoms with Crippen molar-refractivity contribution >= 4 is 5.97 Å². The van der Waals surface area contributed by atoms with Crippen LogP contribution in [0.25, 0.3) is 0 Å². The highest BCUT2D eigenvalue weighted by molar-refractivity contribution is 5.84. The number of ether oxygens (including phenoxy) is 1. The number of carboxylic acids is 1. The van der Waals surface area contributed by atoms with Crippen LogP contribution in [-0.4, -0.2) is 23.4 Å². The molecule has 0 fully saturated rings. The second-order valence-electron chi connectivity index (χ2n) is 6.23. The second-order valence-corrected chi connectivity index (χ2v) is 6.23. The standard InChI is InChI=1S/C20H24F2O3/c1-2-3-4-5-6-14-25-16-12-10-15(11-13-16)17-8-7-9-18(21)20(17,22)19(23)24/h7-13,17H,2-6,14H2,1H3,(H,23,24). The number of hydrogen-bond acceptors (Lipinski definition) is 2. The number of rotatable bonds is 9. The molecular weight excluding hydrogens is 326 g/mol. The summed E-state index contributed by atoms with van der Waals surface area (Å²) >= 11 is 0. The molecule has 1 aromatic carbocycles. The van der Waals surface area contributed by atoms with E-state index >= 15 is 0 Å². The van der Waals surface area contributed by atoms with Gasteiger partial charge in [0.1, 0.15) is 11.6 Å². The fourth-order valence-corrected chi connectivity index (χ4v) is 2.90. The molecular formula is C20H24F2O3. The number of aliphatic carboxylic acids is 1. The number of unbranched alkanes of at least 4 members (excludes halogenated alkanes) is 4. The van der Waals surface area contributed by atoms with Crippen LogP contribution in [0.2, 0.25) is 0 Å². The molecule has 1 aliphatic rings. The van der Waals surface area contributed by atoms with Gasteiger partial charge in [-0.05, 0) is 30.2 Å². The highest BCUT2D eigenvalue weighted by Crippen LogP contribution is 2.42. The van der Waals surface area contributed by atoms with E-state index in [1.165, 1.54) is 31.4 Å². The zero-order valence-electron chi connectivity index (χ0n) is 14.4. The maximum atomic E-state index is 14.8. The molecule has 0 heterocycles. The highest BCUT2D eigenvalue weighted by atomic mass is 19.2. The molecule has 0 saturated carbocycles. The lowest BCUT2D eigenvalue weighted by Crippen LogP contribution is -2.41. The van der Waals surface area contributed by atoms with Gasteiger partial charge < -0.3 is 9.84 Å². The SMILES string of the molecule is CCCCCCCOc1ccc(C2C=CC=C(F)C2(F)C(=O)O)cc1. The lowest BCUT2D eigenvalue weighted by Gasteiger charge is -2.29. The summed E-state index contributed by atoms with van der Waals surface area (Å²) in [6.07, 6.45) is 9.25. The van der Waals surface area contributed by atoms with Gasteiger partial charge in [-0.25, -0.2) is 13.6 Å². The van der Waals surface area contributed by atoms with Crippen molar-refractivity contribution in [3.05, 3.63) is 53.9 Å². The molecule has 0 spiro atoms. The first-order chi connectivity index (χ1) is 12.0. The summed E-state index contributed by atoms with van der Waals surface area (Å²) in [5, 5.41) is 9.14. The van der Waals surface area contributed by atoms with Gasteiger partial charge in [0.05, 0.1) is 12.5 Å². The molecule has 136 valence electrons. The molecule has 0 saturated heterocycles. The number of alkyl halides is 1. The van der Waals surface area contributed by atoms with Crippen LogP contribution in [0.5, 0.6) is 5.75 Å². The number of carboxylic acid groups (broad SMARTS) is 1. The van der Waals surface area contributed by atoms with Crippen molar-refractivity contribution in [2.24, 2.45) is 0 Å². The first-order valence-corrected chi connectivity index (χ1v) is 8.69. The molecule has 2 atom stereocenters. The van der Waals surface area contributed by atoms with Crippen LogP contribution < -0.4 is 4.74 Å². The lowest BCUT2D eigenvalue weighted by atomic mass is 9.79. The Labute approximate surface area is 147 Å². The quantitative estimate of drug-likeness (QED) is 0.612. The number of benzene rings is 1. The largest absolute Gasteiger partial charge is 0.494 e. The topological polar surface area (TPSA) is 46.5 Å². The molecule has 2 unspecified atom stereocenters. The first-order valence-electron chi connectivity index (χ1n) is 8.69. The van der Waals surface area contributed by atoms with E-state index < -0.39 is 23.4 Å². The summed E-state index contributed by atoms with van der Waals surface area (Å²) in [6.45, 7) is 2.77. The maximum Gasteiger partial charge on any atom is 0.349 e. The van der Waals surface area contributed by atoms with Crippen LogP contribution in [0.3, 0.4) is 0 Å². The Bertz CT molecular complexity index is 637. The molecule has 2 rings (SSSR count). The second kappa shape index (κ2) is 8.79. The average molecular weight is 350 g/mol. The van der Waals surface area contributed by atoms with Crippen LogP contribution in [0.1, 0.15) is 50.5 Å². The van der Waals surface area contributed by atoms with Gasteiger partial charge in [0, 0.05) is 0 Å². The van der Waals surface area contributed by atoms with E-state index in [1.54, 1.807) is 24.3 Å². The van der Waals surface area contributed by atoms with Gasteiger partial charge in [-0.3, -0.25) is 0 Å². The number of hydrogen-bond donors (Lipinski definition) is 1. The Morgan fingerprint density at radius 1 is 1.20 bits per heavy atom. The van der Waals surface area contributed by atoms with Gasteiger partial charge in [-0.2, -0.15) is 0 Å². The number of halogens is 2. The zero-order valence-corrected chi connectivity index (χ0v) is 14.4. The molecule has 0 aromatic heterocycles. The minimum atomic E-state index is -3.07. The van der Waals surface area contributed by atoms with Crippen LogP contribution in [0, 0.1) is 0 Å². The van der Waals surface area contributed by atoms with Gasteiger partial charge in [-0.15, -0.1) is 0 Å². The van der Waals surface area contributed by atoms with Crippen molar-refractivity contribution in [2.75, 3.05) is 6.61 Å². The molecule has 1 aliphatic carbocycles. The minimum absolute atomic E-state index is 0.389. The Kier molecular flexibility index (Phi) is 6.73. The summed E-state index contributed by atoms with van der Waals surface area (Å²) in [6, 6.07) is 6.48. The van der Waals surface area contributed by atoms with E-state index in [1.807, 2.05) is 0 Å². The summed E-state index contributed by atoms with van der Waals surface area (Å²) in [5.74, 6) is -3.70. The predicted octanol–water partition coefficient (Wildman–Crippen LogP) is 5.34. The van der Waals surface area contributed by atoms with Crippen molar-refractivity contribution < 1.29 is 23.4 Å². The van der Waals surface area contributed by atoms with Crippen LogP contribution in [-0.2, 0) is 4.79 Å². The fraction of sp³-hybridized carbons (Fsp3) is 0.450. The minimum Gasteiger partial charge on any atom is -0.494 e. The van der Waals surface area contributed by atoms with E-state index in [-0.39, 0.29) is 0 Å². The van der Waals surface area contributed by atoms with Crippen LogP contribution >= 0.6 is 0 Å². The van der Waals surface area contributed by atoms with E-state index in [4.69, 9.17) is 9.84 Å². The van der Waals surface area contributed by atoms with Gasteiger partial charge >= 0.3 is 5.97 Å². The number of carbonyl (C=O) groups is 1. The molecule has 5 heteroatoms. The third kappa shape index (κ3) is 4.47. The Hall–Kier alpha value is -2.17. The van der Waals surface area contributed by atoms with Crippen LogP contribution in [0.4, 0.5) is 8.78 Å². The summed E-state index contributed by atoms with van der Waals surface area (Å²) in [4.78, 5) is 11.3. The summed E-state index contributed by atoms with van der Waals surface area (Å²) in [5.41, 5.74) is -2.68. The van der Waals surface area contributed by atoms with Gasteiger partial charge in [0.2, 0.25) is 0 Å². The van der Waals surface area contributed by atoms with Crippen molar-refractivity contribution in [2.45, 2.75) is 50.6 Å². The third-order valence-electron chi connectivity index (χ3n) is 4.39. The molecule has 0 aliphatic heterocycles. The maximum absolute atomic E-state index is 14.8. The summed E-state index contributed by atoms with van der Waals surface area (Å²) < 4.78 is 34.2. The molecule has 0 amide bonds. The summed E-state index contributed by atoms with van der Waals surface area (Å²) in [7, 11) is 0. The Balaban J connectivity index is 1.98. The highest BCUT2D eigenvalue weighted by Gasteiger charge is 2.51. The third-order valence-corrected chi connectivity index (χ3v) is 4.39. The van der Waals surface area contributed by atoms with E-state index in [0.717, 1.165) is 18.9 Å². The molecule has 3 nitrogen and oxygen atoms in total. The normalized spacial score (nSPS) is 22.5. The van der Waals surface area contributed by atoms with Crippen molar-refractivity contribution in [1.29, 1.82) is 0 Å². The van der Waals surface area contributed by atoms with Crippen LogP contribution in [0.15, 0.2) is 48.3 Å². The van der Waals surface area contributed by atoms with Gasteiger partial charge in [0.25, 0.3) is 5.67 Å². The van der Waals surface area contributed by atoms with E-state index in [0.29, 0.717) is 17.9 Å².